The number of aromatic nitrogens is 5. The number of aryl methyl sites for hydroxylation is 1. The van der Waals surface area contributed by atoms with Gasteiger partial charge in [0.05, 0.1) is 17.5 Å². The third-order valence-corrected chi connectivity index (χ3v) is 8.73. The lowest BCUT2D eigenvalue weighted by molar-refractivity contribution is -0.150. The van der Waals surface area contributed by atoms with Crippen LogP contribution in [0.2, 0.25) is 5.02 Å². The predicted molar refractivity (Wildman–Crippen MR) is 129 cm³/mol. The summed E-state index contributed by atoms with van der Waals surface area (Å²) in [5, 5.41) is 12.7. The molecule has 2 heterocycles. The molecule has 1 aromatic carbocycles. The van der Waals surface area contributed by atoms with E-state index in [-0.39, 0.29) is 17.3 Å². The first-order valence-electron chi connectivity index (χ1n) is 11.6. The Hall–Kier alpha value is -2.26. The highest BCUT2D eigenvalue weighted by Crippen LogP contribution is 2.64. The number of nitrogens with one attached hydrogen (secondary N) is 1. The van der Waals surface area contributed by atoms with Gasteiger partial charge in [-0.25, -0.2) is 14.1 Å². The standard InChI is InChI=1S/C24H25BrClFN6O/c1-14-4-20(30-32(14)11-17-2-3-18(27)6-19(17)26)29-21(34)23-7-15-5-16(8-23)10-24(9-15,12-23)33-13-28-22(25)31-33/h2-4,6,13,15-16H,5,7-12H2,1H3,(H,29,30,34). The average molecular weight is 548 g/mol. The quantitative estimate of drug-likeness (QED) is 0.469. The van der Waals surface area contributed by atoms with Crippen LogP contribution in [0, 0.1) is 30.0 Å². The van der Waals surface area contributed by atoms with Gasteiger partial charge in [0.25, 0.3) is 0 Å². The van der Waals surface area contributed by atoms with Gasteiger partial charge in [-0.15, -0.1) is 5.10 Å². The summed E-state index contributed by atoms with van der Waals surface area (Å²) < 4.78 is 17.8. The van der Waals surface area contributed by atoms with Gasteiger partial charge in [0.2, 0.25) is 10.6 Å². The molecule has 4 saturated carbocycles. The summed E-state index contributed by atoms with van der Waals surface area (Å²) in [7, 11) is 0. The van der Waals surface area contributed by atoms with Gasteiger partial charge in [-0.3, -0.25) is 9.48 Å². The maximum atomic E-state index is 13.7. The Morgan fingerprint density at radius 3 is 2.68 bits per heavy atom. The largest absolute Gasteiger partial charge is 0.309 e. The molecule has 178 valence electrons. The highest BCUT2D eigenvalue weighted by Gasteiger charge is 2.61. The predicted octanol–water partition coefficient (Wildman–Crippen LogP) is 5.32. The molecule has 4 fully saturated rings. The van der Waals surface area contributed by atoms with Gasteiger partial charge in [-0.2, -0.15) is 5.10 Å². The Bertz CT molecular complexity index is 1270. The van der Waals surface area contributed by atoms with Crippen LogP contribution in [0.3, 0.4) is 0 Å². The number of rotatable bonds is 5. The van der Waals surface area contributed by atoms with E-state index in [0.29, 0.717) is 34.0 Å². The van der Waals surface area contributed by atoms with Gasteiger partial charge in [0.1, 0.15) is 12.1 Å². The fraction of sp³-hybridized carbons (Fsp3) is 0.500. The van der Waals surface area contributed by atoms with Crippen molar-refractivity contribution in [3.63, 3.8) is 0 Å². The number of hydrogen-bond acceptors (Lipinski definition) is 4. The fourth-order valence-electron chi connectivity index (χ4n) is 7.01. The van der Waals surface area contributed by atoms with E-state index in [1.807, 2.05) is 17.7 Å². The van der Waals surface area contributed by atoms with E-state index in [1.54, 1.807) is 17.1 Å². The first kappa shape index (κ1) is 22.2. The van der Waals surface area contributed by atoms with Crippen LogP contribution >= 0.6 is 27.5 Å². The van der Waals surface area contributed by atoms with Crippen LogP contribution in [0.15, 0.2) is 35.3 Å². The molecule has 34 heavy (non-hydrogen) atoms. The minimum absolute atomic E-state index is 0.0506. The Morgan fingerprint density at radius 1 is 1.24 bits per heavy atom. The number of amides is 1. The molecule has 2 atom stereocenters. The van der Waals surface area contributed by atoms with Crippen LogP contribution < -0.4 is 5.32 Å². The summed E-state index contributed by atoms with van der Waals surface area (Å²) in [6, 6.07) is 6.22. The number of benzene rings is 1. The monoisotopic (exact) mass is 546 g/mol. The van der Waals surface area contributed by atoms with Crippen LogP contribution in [0.25, 0.3) is 0 Å². The first-order chi connectivity index (χ1) is 16.2. The van der Waals surface area contributed by atoms with Gasteiger partial charge >= 0.3 is 0 Å². The normalized spacial score (nSPS) is 29.5. The minimum atomic E-state index is -0.416. The summed E-state index contributed by atoms with van der Waals surface area (Å²) in [6.45, 7) is 2.34. The van der Waals surface area contributed by atoms with Crippen molar-refractivity contribution < 1.29 is 9.18 Å². The molecule has 4 aliphatic carbocycles. The molecule has 2 unspecified atom stereocenters. The Balaban J connectivity index is 1.24. The second kappa shape index (κ2) is 7.88. The van der Waals surface area contributed by atoms with Crippen LogP contribution in [-0.4, -0.2) is 30.5 Å². The highest BCUT2D eigenvalue weighted by molar-refractivity contribution is 9.10. The van der Waals surface area contributed by atoms with E-state index in [2.05, 4.69) is 36.4 Å². The Labute approximate surface area is 210 Å². The molecule has 0 radical (unpaired) electrons. The van der Waals surface area contributed by atoms with E-state index in [1.165, 1.54) is 18.6 Å². The van der Waals surface area contributed by atoms with Gasteiger partial charge in [0, 0.05) is 16.8 Å². The smallest absolute Gasteiger partial charge is 0.231 e. The van der Waals surface area contributed by atoms with Crippen molar-refractivity contribution in [3.8, 4) is 0 Å². The Kier molecular flexibility index (Phi) is 5.15. The Morgan fingerprint density at radius 2 is 2.00 bits per heavy atom. The molecule has 10 heteroatoms. The lowest BCUT2D eigenvalue weighted by atomic mass is 9.46. The molecule has 0 saturated heterocycles. The number of halogens is 3. The molecule has 2 aromatic heterocycles. The zero-order chi connectivity index (χ0) is 23.7. The number of carbonyl (C=O) groups is 1. The molecule has 7 rings (SSSR count). The maximum Gasteiger partial charge on any atom is 0.231 e. The van der Waals surface area contributed by atoms with Crippen LogP contribution in [-0.2, 0) is 16.9 Å². The van der Waals surface area contributed by atoms with Gasteiger partial charge in [0.15, 0.2) is 5.82 Å². The number of anilines is 1. The van der Waals surface area contributed by atoms with Crippen molar-refractivity contribution in [1.29, 1.82) is 0 Å². The number of carbonyl (C=O) groups excluding carboxylic acids is 1. The van der Waals surface area contributed by atoms with E-state index in [0.717, 1.165) is 43.4 Å². The molecule has 3 aromatic rings. The maximum absolute atomic E-state index is 13.7. The lowest BCUT2D eigenvalue weighted by Crippen LogP contribution is -2.60. The third kappa shape index (κ3) is 3.68. The summed E-state index contributed by atoms with van der Waals surface area (Å²) in [6.07, 6.45) is 7.71. The van der Waals surface area contributed by atoms with Gasteiger partial charge in [-0.1, -0.05) is 17.7 Å². The van der Waals surface area contributed by atoms with E-state index < -0.39 is 5.41 Å². The van der Waals surface area contributed by atoms with Gasteiger partial charge in [-0.05, 0) is 90.9 Å². The second-order valence-corrected chi connectivity index (χ2v) is 11.6. The average Bonchev–Trinajstić information content (AvgIpc) is 3.35. The third-order valence-electron chi connectivity index (χ3n) is 8.02. The van der Waals surface area contributed by atoms with E-state index in [9.17, 15) is 9.18 Å². The first-order valence-corrected chi connectivity index (χ1v) is 12.8. The summed E-state index contributed by atoms with van der Waals surface area (Å²) in [5.74, 6) is 1.26. The van der Waals surface area contributed by atoms with Crippen molar-refractivity contribution in [2.75, 3.05) is 5.32 Å². The molecule has 4 bridgehead atoms. The van der Waals surface area contributed by atoms with Gasteiger partial charge < -0.3 is 5.32 Å². The highest BCUT2D eigenvalue weighted by atomic mass is 79.9. The van der Waals surface area contributed by atoms with Crippen molar-refractivity contribution >= 4 is 39.3 Å². The second-order valence-electron chi connectivity index (χ2n) is 10.4. The fourth-order valence-corrected chi connectivity index (χ4v) is 7.50. The molecule has 4 aliphatic rings. The molecule has 0 spiro atoms. The van der Waals surface area contributed by atoms with Crippen LogP contribution in [0.5, 0.6) is 0 Å². The van der Waals surface area contributed by atoms with Crippen molar-refractivity contribution in [1.82, 2.24) is 24.5 Å². The van der Waals surface area contributed by atoms with Crippen molar-refractivity contribution in [3.05, 3.63) is 57.4 Å². The topological polar surface area (TPSA) is 77.6 Å². The van der Waals surface area contributed by atoms with Crippen LogP contribution in [0.4, 0.5) is 10.2 Å². The summed E-state index contributed by atoms with van der Waals surface area (Å²) >= 11 is 9.58. The van der Waals surface area contributed by atoms with E-state index in [4.69, 9.17) is 11.6 Å². The molecule has 1 N–H and O–H groups in total. The molecule has 0 aliphatic heterocycles. The SMILES string of the molecule is Cc1cc(NC(=O)C23CC4CC(C2)CC(n2cnc(Br)n2)(C4)C3)nn1Cc1ccc(F)cc1Cl. The lowest BCUT2D eigenvalue weighted by Gasteiger charge is -2.60. The summed E-state index contributed by atoms with van der Waals surface area (Å²) in [5.41, 5.74) is 1.11. The van der Waals surface area contributed by atoms with Crippen molar-refractivity contribution in [2.45, 2.75) is 57.5 Å². The zero-order valence-electron chi connectivity index (χ0n) is 18.8. The number of hydrogen-bond donors (Lipinski definition) is 1. The van der Waals surface area contributed by atoms with Crippen molar-refractivity contribution in [2.24, 2.45) is 17.3 Å². The molecule has 7 nitrogen and oxygen atoms in total. The molecular formula is C24H25BrClFN6O. The summed E-state index contributed by atoms with van der Waals surface area (Å²) in [4.78, 5) is 18.0. The molecular weight excluding hydrogens is 523 g/mol. The van der Waals surface area contributed by atoms with E-state index >= 15 is 0 Å². The minimum Gasteiger partial charge on any atom is -0.309 e. The molecule has 1 amide bonds. The number of nitrogens with zero attached hydrogens (tertiary/aromatic N) is 5. The van der Waals surface area contributed by atoms with Crippen LogP contribution in [0.1, 0.15) is 49.8 Å². The zero-order valence-corrected chi connectivity index (χ0v) is 21.1.